The molecule has 0 aliphatic rings. The van der Waals surface area contributed by atoms with Crippen LogP contribution in [-0.4, -0.2) is 22.7 Å². The largest absolute Gasteiger partial charge is 0.490 e. The highest BCUT2D eigenvalue weighted by molar-refractivity contribution is 9.10. The fourth-order valence-corrected chi connectivity index (χ4v) is 3.62. The van der Waals surface area contributed by atoms with E-state index < -0.39 is 4.92 Å². The summed E-state index contributed by atoms with van der Waals surface area (Å²) in [5, 5.41) is 15.9. The van der Waals surface area contributed by atoms with E-state index in [9.17, 15) is 10.1 Å². The number of hydrogen-bond acceptors (Lipinski definition) is 7. The summed E-state index contributed by atoms with van der Waals surface area (Å²) in [5.41, 5.74) is 4.14. The highest BCUT2D eigenvalue weighted by atomic mass is 79.9. The highest BCUT2D eigenvalue weighted by Crippen LogP contribution is 2.37. The molecule has 0 saturated carbocycles. The van der Waals surface area contributed by atoms with Crippen LogP contribution in [0.4, 0.5) is 11.5 Å². The lowest BCUT2D eigenvalue weighted by molar-refractivity contribution is -0.385. The highest BCUT2D eigenvalue weighted by Gasteiger charge is 2.13. The van der Waals surface area contributed by atoms with Crippen LogP contribution in [0.5, 0.6) is 11.5 Å². The van der Waals surface area contributed by atoms with Crippen LogP contribution in [-0.2, 0) is 6.61 Å². The summed E-state index contributed by atoms with van der Waals surface area (Å²) in [7, 11) is 0. The predicted molar refractivity (Wildman–Crippen MR) is 128 cm³/mol. The molecule has 0 spiro atoms. The molecular formula is C21H17BrCl2N4O4. The van der Waals surface area contributed by atoms with E-state index in [0.717, 1.165) is 17.3 Å². The van der Waals surface area contributed by atoms with Crippen molar-refractivity contribution in [2.75, 3.05) is 12.0 Å². The Hall–Kier alpha value is -2.88. The maximum Gasteiger partial charge on any atom is 0.287 e. The summed E-state index contributed by atoms with van der Waals surface area (Å²) < 4.78 is 12.4. The number of pyridine rings is 1. The van der Waals surface area contributed by atoms with E-state index in [1.54, 1.807) is 30.5 Å². The van der Waals surface area contributed by atoms with E-state index in [0.29, 0.717) is 38.4 Å². The number of nitrogens with zero attached hydrogens (tertiary/aromatic N) is 3. The van der Waals surface area contributed by atoms with Gasteiger partial charge in [0, 0.05) is 21.7 Å². The third kappa shape index (κ3) is 6.32. The number of aromatic nitrogens is 1. The van der Waals surface area contributed by atoms with Gasteiger partial charge in [0.1, 0.15) is 18.6 Å². The molecule has 0 aliphatic carbocycles. The average Bonchev–Trinajstić information content (AvgIpc) is 2.75. The zero-order valence-electron chi connectivity index (χ0n) is 16.7. The summed E-state index contributed by atoms with van der Waals surface area (Å²) in [6.45, 7) is 2.54. The van der Waals surface area contributed by atoms with Crippen LogP contribution < -0.4 is 14.9 Å². The van der Waals surface area contributed by atoms with Crippen molar-refractivity contribution in [1.82, 2.24) is 4.98 Å². The third-order valence-corrected chi connectivity index (χ3v) is 5.25. The van der Waals surface area contributed by atoms with Crippen LogP contribution in [0.2, 0.25) is 10.0 Å². The third-order valence-electron chi connectivity index (χ3n) is 4.07. The van der Waals surface area contributed by atoms with Crippen molar-refractivity contribution in [1.29, 1.82) is 0 Å². The van der Waals surface area contributed by atoms with Crippen LogP contribution >= 0.6 is 39.1 Å². The van der Waals surface area contributed by atoms with Gasteiger partial charge in [-0.05, 0) is 58.7 Å². The minimum absolute atomic E-state index is 0.0970. The number of benzene rings is 2. The maximum atomic E-state index is 10.7. The first-order valence-electron chi connectivity index (χ1n) is 9.30. The van der Waals surface area contributed by atoms with Gasteiger partial charge in [0.2, 0.25) is 0 Å². The van der Waals surface area contributed by atoms with Crippen molar-refractivity contribution in [2.24, 2.45) is 5.10 Å². The van der Waals surface area contributed by atoms with Gasteiger partial charge in [0.15, 0.2) is 11.5 Å². The Morgan fingerprint density at radius 2 is 2.03 bits per heavy atom. The van der Waals surface area contributed by atoms with Gasteiger partial charge < -0.3 is 9.47 Å². The van der Waals surface area contributed by atoms with E-state index in [1.165, 1.54) is 12.1 Å². The van der Waals surface area contributed by atoms with Crippen molar-refractivity contribution in [3.05, 3.63) is 84.4 Å². The molecule has 166 valence electrons. The van der Waals surface area contributed by atoms with Gasteiger partial charge >= 0.3 is 0 Å². The Balaban J connectivity index is 1.73. The Labute approximate surface area is 202 Å². The number of nitrogens with one attached hydrogen (secondary N) is 1. The molecular weight excluding hydrogens is 523 g/mol. The van der Waals surface area contributed by atoms with Crippen LogP contribution in [0.3, 0.4) is 0 Å². The molecule has 0 unspecified atom stereocenters. The van der Waals surface area contributed by atoms with E-state index in [1.807, 2.05) is 13.0 Å². The molecule has 0 saturated heterocycles. The van der Waals surface area contributed by atoms with Crippen molar-refractivity contribution >= 4 is 56.9 Å². The van der Waals surface area contributed by atoms with Crippen LogP contribution in [0.15, 0.2) is 58.2 Å². The van der Waals surface area contributed by atoms with Gasteiger partial charge in [-0.2, -0.15) is 5.10 Å². The maximum absolute atomic E-state index is 10.7. The topological polar surface area (TPSA) is 98.9 Å². The fraction of sp³-hybridized carbons (Fsp3) is 0.143. The zero-order chi connectivity index (χ0) is 23.1. The van der Waals surface area contributed by atoms with Gasteiger partial charge in [-0.3, -0.25) is 15.5 Å². The van der Waals surface area contributed by atoms with Crippen molar-refractivity contribution in [3.8, 4) is 11.5 Å². The molecule has 3 rings (SSSR count). The normalized spacial score (nSPS) is 10.9. The molecule has 32 heavy (non-hydrogen) atoms. The minimum Gasteiger partial charge on any atom is -0.490 e. The van der Waals surface area contributed by atoms with Gasteiger partial charge in [-0.15, -0.1) is 0 Å². The molecule has 1 heterocycles. The number of hydrogen-bond donors (Lipinski definition) is 1. The van der Waals surface area contributed by atoms with Crippen molar-refractivity contribution < 1.29 is 14.4 Å². The lowest BCUT2D eigenvalue weighted by Gasteiger charge is -2.15. The molecule has 2 aromatic carbocycles. The SMILES string of the molecule is CCOc1cc(/C=N/Nc2ccc([N+](=O)[O-])cn2)cc(Br)c1OCc1ccc(Cl)cc1Cl. The van der Waals surface area contributed by atoms with E-state index in [-0.39, 0.29) is 12.3 Å². The van der Waals surface area contributed by atoms with Crippen molar-refractivity contribution in [2.45, 2.75) is 13.5 Å². The number of anilines is 1. The first-order valence-corrected chi connectivity index (χ1v) is 10.8. The molecule has 1 aromatic heterocycles. The lowest BCUT2D eigenvalue weighted by Crippen LogP contribution is -2.02. The second-order valence-electron chi connectivity index (χ2n) is 6.32. The molecule has 3 aromatic rings. The molecule has 8 nitrogen and oxygen atoms in total. The smallest absolute Gasteiger partial charge is 0.287 e. The summed E-state index contributed by atoms with van der Waals surface area (Å²) in [6.07, 6.45) is 2.72. The molecule has 0 fully saturated rings. The summed E-state index contributed by atoms with van der Waals surface area (Å²) in [6, 6.07) is 11.6. The van der Waals surface area contributed by atoms with Crippen LogP contribution in [0, 0.1) is 10.1 Å². The monoisotopic (exact) mass is 538 g/mol. The van der Waals surface area contributed by atoms with E-state index in [2.05, 4.69) is 31.4 Å². The molecule has 11 heteroatoms. The number of halogens is 3. The minimum atomic E-state index is -0.517. The van der Waals surface area contributed by atoms with E-state index >= 15 is 0 Å². The molecule has 0 atom stereocenters. The van der Waals surface area contributed by atoms with Crippen LogP contribution in [0.1, 0.15) is 18.1 Å². The second kappa shape index (κ2) is 11.1. The molecule has 0 radical (unpaired) electrons. The predicted octanol–water partition coefficient (Wildman–Crippen LogP) is 6.48. The lowest BCUT2D eigenvalue weighted by atomic mass is 10.2. The molecule has 0 bridgehead atoms. The average molecular weight is 540 g/mol. The first kappa shape index (κ1) is 23.8. The summed E-state index contributed by atoms with van der Waals surface area (Å²) >= 11 is 15.7. The van der Waals surface area contributed by atoms with Gasteiger partial charge in [-0.1, -0.05) is 29.3 Å². The first-order chi connectivity index (χ1) is 15.4. The Bertz CT molecular complexity index is 1140. The Morgan fingerprint density at radius 3 is 2.69 bits per heavy atom. The number of ether oxygens (including phenoxy) is 2. The summed E-state index contributed by atoms with van der Waals surface area (Å²) in [4.78, 5) is 14.1. The van der Waals surface area contributed by atoms with Crippen LogP contribution in [0.25, 0.3) is 0 Å². The number of hydrazone groups is 1. The standard InChI is InChI=1S/C21H17BrCl2N4O4/c1-2-31-19-8-13(10-26-27-20-6-5-16(11-25-20)28(29)30)7-17(22)21(19)32-12-14-3-4-15(23)9-18(14)24/h3-11H,2,12H2,1H3,(H,25,27)/b26-10+. The molecule has 0 amide bonds. The van der Waals surface area contributed by atoms with Gasteiger partial charge in [0.25, 0.3) is 5.69 Å². The number of rotatable bonds is 9. The quantitative estimate of drug-likeness (QED) is 0.190. The second-order valence-corrected chi connectivity index (χ2v) is 8.01. The summed E-state index contributed by atoms with van der Waals surface area (Å²) in [5.74, 6) is 1.43. The van der Waals surface area contributed by atoms with Crippen molar-refractivity contribution in [3.63, 3.8) is 0 Å². The van der Waals surface area contributed by atoms with Gasteiger partial charge in [0.05, 0.1) is 22.2 Å². The molecule has 1 N–H and O–H groups in total. The zero-order valence-corrected chi connectivity index (χ0v) is 19.8. The van der Waals surface area contributed by atoms with Gasteiger partial charge in [-0.25, -0.2) is 4.98 Å². The fourth-order valence-electron chi connectivity index (χ4n) is 2.59. The van der Waals surface area contributed by atoms with E-state index in [4.69, 9.17) is 32.7 Å². The Kier molecular flexibility index (Phi) is 8.26. The molecule has 0 aliphatic heterocycles. The number of nitro groups is 1. The Morgan fingerprint density at radius 1 is 1.22 bits per heavy atom.